The Hall–Kier alpha value is -2.75. The molecule has 1 aromatic heterocycles. The molecule has 0 aliphatic carbocycles. The number of fused-ring (bicyclic) bond motifs is 2. The van der Waals surface area contributed by atoms with E-state index in [1.165, 1.54) is 10.9 Å². The summed E-state index contributed by atoms with van der Waals surface area (Å²) in [6.07, 6.45) is 0.375. The van der Waals surface area contributed by atoms with Crippen LogP contribution in [0.15, 0.2) is 42.5 Å². The van der Waals surface area contributed by atoms with Crippen LogP contribution in [0.2, 0.25) is 0 Å². The van der Waals surface area contributed by atoms with Crippen molar-refractivity contribution in [2.45, 2.75) is 13.3 Å². The second kappa shape index (κ2) is 4.91. The zero-order valence-corrected chi connectivity index (χ0v) is 12.3. The number of para-hydroxylation sites is 2. The Morgan fingerprint density at radius 3 is 2.82 bits per heavy atom. The number of carbonyl (C=O) groups is 1. The highest BCUT2D eigenvalue weighted by Gasteiger charge is 2.20. The molecule has 4 nitrogen and oxygen atoms in total. The quantitative estimate of drug-likeness (QED) is 0.715. The SMILES string of the molecule is Cc1c(-c2cccc3c2OCCC(=O)N3)[nH]c2ccccc12. The molecule has 0 saturated heterocycles. The minimum Gasteiger partial charge on any atom is -0.490 e. The van der Waals surface area contributed by atoms with Gasteiger partial charge in [0.25, 0.3) is 0 Å². The summed E-state index contributed by atoms with van der Waals surface area (Å²) >= 11 is 0. The fraction of sp³-hybridized carbons (Fsp3) is 0.167. The molecule has 2 aromatic carbocycles. The number of carbonyl (C=O) groups excluding carboxylic acids is 1. The number of aryl methyl sites for hydroxylation is 1. The van der Waals surface area contributed by atoms with Crippen LogP contribution in [0.5, 0.6) is 5.75 Å². The third-order valence-corrected chi connectivity index (χ3v) is 4.10. The van der Waals surface area contributed by atoms with E-state index in [1.807, 2.05) is 30.3 Å². The molecule has 22 heavy (non-hydrogen) atoms. The predicted molar refractivity (Wildman–Crippen MR) is 87.2 cm³/mol. The fourth-order valence-corrected chi connectivity index (χ4v) is 3.00. The molecular formula is C18H16N2O2. The summed E-state index contributed by atoms with van der Waals surface area (Å²) in [4.78, 5) is 15.2. The van der Waals surface area contributed by atoms with Crippen LogP contribution in [-0.2, 0) is 4.79 Å². The lowest BCUT2D eigenvalue weighted by Gasteiger charge is -2.12. The summed E-state index contributed by atoms with van der Waals surface area (Å²) in [5.41, 5.74) is 5.04. The first-order valence-electron chi connectivity index (χ1n) is 7.37. The smallest absolute Gasteiger partial charge is 0.227 e. The zero-order chi connectivity index (χ0) is 15.1. The van der Waals surface area contributed by atoms with Crippen LogP contribution < -0.4 is 10.1 Å². The summed E-state index contributed by atoms with van der Waals surface area (Å²) in [5.74, 6) is 0.729. The van der Waals surface area contributed by atoms with Crippen molar-refractivity contribution in [3.63, 3.8) is 0 Å². The molecule has 1 aliphatic rings. The Labute approximate surface area is 128 Å². The van der Waals surface area contributed by atoms with Crippen molar-refractivity contribution in [3.05, 3.63) is 48.0 Å². The molecule has 1 amide bonds. The molecule has 0 spiro atoms. The number of rotatable bonds is 1. The fourth-order valence-electron chi connectivity index (χ4n) is 3.00. The molecule has 0 fully saturated rings. The third kappa shape index (κ3) is 1.96. The summed E-state index contributed by atoms with van der Waals surface area (Å²) in [7, 11) is 0. The van der Waals surface area contributed by atoms with Gasteiger partial charge in [0.05, 0.1) is 24.4 Å². The van der Waals surface area contributed by atoms with E-state index in [9.17, 15) is 4.79 Å². The second-order valence-corrected chi connectivity index (χ2v) is 5.50. The first-order valence-corrected chi connectivity index (χ1v) is 7.37. The minimum atomic E-state index is -0.00994. The molecule has 4 heteroatoms. The maximum Gasteiger partial charge on any atom is 0.227 e. The van der Waals surface area contributed by atoms with Gasteiger partial charge in [0.1, 0.15) is 0 Å². The number of nitrogens with one attached hydrogen (secondary N) is 2. The highest BCUT2D eigenvalue weighted by molar-refractivity contribution is 5.97. The molecule has 110 valence electrons. The lowest BCUT2D eigenvalue weighted by Crippen LogP contribution is -2.10. The summed E-state index contributed by atoms with van der Waals surface area (Å²) in [5, 5.41) is 4.11. The number of anilines is 1. The number of H-pyrrole nitrogens is 1. The van der Waals surface area contributed by atoms with Gasteiger partial charge in [-0.05, 0) is 30.7 Å². The summed E-state index contributed by atoms with van der Waals surface area (Å²) in [6.45, 7) is 2.50. The van der Waals surface area contributed by atoms with Gasteiger partial charge in [0.15, 0.2) is 5.75 Å². The lowest BCUT2D eigenvalue weighted by molar-refractivity contribution is -0.116. The van der Waals surface area contributed by atoms with E-state index in [1.54, 1.807) is 0 Å². The van der Waals surface area contributed by atoms with Crippen LogP contribution in [-0.4, -0.2) is 17.5 Å². The van der Waals surface area contributed by atoms with Crippen LogP contribution >= 0.6 is 0 Å². The Bertz CT molecular complexity index is 880. The molecule has 0 bridgehead atoms. The van der Waals surface area contributed by atoms with Gasteiger partial charge in [-0.2, -0.15) is 0 Å². The van der Waals surface area contributed by atoms with Gasteiger partial charge >= 0.3 is 0 Å². The van der Waals surface area contributed by atoms with Gasteiger partial charge in [0.2, 0.25) is 5.91 Å². The Kier molecular flexibility index (Phi) is 2.89. The van der Waals surface area contributed by atoms with Crippen molar-refractivity contribution in [3.8, 4) is 17.0 Å². The molecule has 2 heterocycles. The van der Waals surface area contributed by atoms with Crippen molar-refractivity contribution in [2.75, 3.05) is 11.9 Å². The maximum atomic E-state index is 11.7. The van der Waals surface area contributed by atoms with E-state index in [2.05, 4.69) is 29.4 Å². The van der Waals surface area contributed by atoms with Crippen LogP contribution in [0, 0.1) is 6.92 Å². The van der Waals surface area contributed by atoms with Crippen LogP contribution in [0.1, 0.15) is 12.0 Å². The molecule has 0 radical (unpaired) electrons. The van der Waals surface area contributed by atoms with Crippen molar-refractivity contribution in [2.24, 2.45) is 0 Å². The van der Waals surface area contributed by atoms with Gasteiger partial charge in [-0.3, -0.25) is 4.79 Å². The first kappa shape index (κ1) is 13.0. The van der Waals surface area contributed by atoms with E-state index in [4.69, 9.17) is 4.74 Å². The Morgan fingerprint density at radius 2 is 1.95 bits per heavy atom. The van der Waals surface area contributed by atoms with Crippen molar-refractivity contribution in [1.82, 2.24) is 4.98 Å². The highest BCUT2D eigenvalue weighted by atomic mass is 16.5. The molecule has 2 N–H and O–H groups in total. The number of hydrogen-bond acceptors (Lipinski definition) is 2. The van der Waals surface area contributed by atoms with Crippen LogP contribution in [0.25, 0.3) is 22.2 Å². The lowest BCUT2D eigenvalue weighted by atomic mass is 10.0. The van der Waals surface area contributed by atoms with Gasteiger partial charge in [-0.25, -0.2) is 0 Å². The van der Waals surface area contributed by atoms with E-state index in [0.29, 0.717) is 13.0 Å². The molecule has 0 saturated carbocycles. The summed E-state index contributed by atoms with van der Waals surface area (Å²) in [6, 6.07) is 14.1. The van der Waals surface area contributed by atoms with E-state index >= 15 is 0 Å². The standard InChI is InChI=1S/C18H16N2O2/c1-11-12-5-2-3-7-14(12)20-17(11)13-6-4-8-15-18(13)22-10-9-16(21)19-15/h2-8,20H,9-10H2,1H3,(H,19,21). The Morgan fingerprint density at radius 1 is 1.09 bits per heavy atom. The number of benzene rings is 2. The predicted octanol–water partition coefficient (Wildman–Crippen LogP) is 3.86. The van der Waals surface area contributed by atoms with Gasteiger partial charge in [-0.1, -0.05) is 24.3 Å². The van der Waals surface area contributed by atoms with Gasteiger partial charge in [0, 0.05) is 16.5 Å². The Balaban J connectivity index is 1.94. The topological polar surface area (TPSA) is 54.1 Å². The van der Waals surface area contributed by atoms with E-state index in [-0.39, 0.29) is 5.91 Å². The van der Waals surface area contributed by atoms with E-state index in [0.717, 1.165) is 28.2 Å². The van der Waals surface area contributed by atoms with Crippen LogP contribution in [0.4, 0.5) is 5.69 Å². The minimum absolute atomic E-state index is 0.00994. The first-order chi connectivity index (χ1) is 10.7. The average molecular weight is 292 g/mol. The molecule has 0 unspecified atom stereocenters. The maximum absolute atomic E-state index is 11.7. The van der Waals surface area contributed by atoms with Crippen LogP contribution in [0.3, 0.4) is 0 Å². The number of amides is 1. The normalized spacial score (nSPS) is 14.1. The van der Waals surface area contributed by atoms with Crippen molar-refractivity contribution >= 4 is 22.5 Å². The molecule has 3 aromatic rings. The van der Waals surface area contributed by atoms with Gasteiger partial charge in [-0.15, -0.1) is 0 Å². The van der Waals surface area contributed by atoms with Gasteiger partial charge < -0.3 is 15.0 Å². The molecule has 1 aliphatic heterocycles. The highest BCUT2D eigenvalue weighted by Crippen LogP contribution is 2.40. The number of hydrogen-bond donors (Lipinski definition) is 2. The summed E-state index contributed by atoms with van der Waals surface area (Å²) < 4.78 is 5.85. The van der Waals surface area contributed by atoms with Crippen molar-refractivity contribution < 1.29 is 9.53 Å². The number of aromatic amines is 1. The van der Waals surface area contributed by atoms with E-state index < -0.39 is 0 Å². The van der Waals surface area contributed by atoms with Crippen molar-refractivity contribution in [1.29, 1.82) is 0 Å². The molecule has 4 rings (SSSR count). The monoisotopic (exact) mass is 292 g/mol. The second-order valence-electron chi connectivity index (χ2n) is 5.50. The average Bonchev–Trinajstić information content (AvgIpc) is 2.73. The zero-order valence-electron chi connectivity index (χ0n) is 12.3. The molecule has 0 atom stereocenters. The number of aromatic nitrogens is 1. The largest absolute Gasteiger partial charge is 0.490 e. The number of ether oxygens (including phenoxy) is 1. The molecular weight excluding hydrogens is 276 g/mol. The third-order valence-electron chi connectivity index (χ3n) is 4.10.